The number of nitrogens with zero attached hydrogens (tertiary/aromatic N) is 2. The van der Waals surface area contributed by atoms with Crippen LogP contribution in [0.5, 0.6) is 5.75 Å². The third-order valence-corrected chi connectivity index (χ3v) is 3.53. The molecule has 96 valence electrons. The maximum absolute atomic E-state index is 10.4. The van der Waals surface area contributed by atoms with Gasteiger partial charge in [0.25, 0.3) is 0 Å². The monoisotopic (exact) mass is 330 g/mol. The Kier molecular flexibility index (Phi) is 3.94. The van der Waals surface area contributed by atoms with Crippen LogP contribution in [0.4, 0.5) is 0 Å². The zero-order valence-electron chi connectivity index (χ0n) is 9.89. The fourth-order valence-electron chi connectivity index (χ4n) is 1.79. The van der Waals surface area contributed by atoms with E-state index in [-0.39, 0.29) is 0 Å². The molecule has 0 spiro atoms. The lowest BCUT2D eigenvalue weighted by atomic mass is 10.1. The summed E-state index contributed by atoms with van der Waals surface area (Å²) in [6.45, 7) is 0. The number of aliphatic hydroxyl groups is 1. The molecule has 0 aliphatic carbocycles. The minimum Gasteiger partial charge on any atom is -0.496 e. The summed E-state index contributed by atoms with van der Waals surface area (Å²) in [5.74, 6) is 0.583. The normalized spacial score (nSPS) is 12.5. The Bertz CT molecular complexity index is 552. The lowest BCUT2D eigenvalue weighted by Gasteiger charge is -2.16. The van der Waals surface area contributed by atoms with Crippen molar-refractivity contribution in [2.24, 2.45) is 7.05 Å². The molecule has 1 heterocycles. The predicted molar refractivity (Wildman–Crippen MR) is 73.0 cm³/mol. The van der Waals surface area contributed by atoms with Gasteiger partial charge in [0.05, 0.1) is 23.5 Å². The fraction of sp³-hybridized carbons (Fsp3) is 0.250. The fourth-order valence-corrected chi connectivity index (χ4v) is 2.54. The quantitative estimate of drug-likeness (QED) is 0.940. The van der Waals surface area contributed by atoms with Crippen LogP contribution in [0.25, 0.3) is 0 Å². The van der Waals surface area contributed by atoms with Crippen LogP contribution in [-0.4, -0.2) is 22.0 Å². The first-order valence-corrected chi connectivity index (χ1v) is 6.40. The first-order valence-electron chi connectivity index (χ1n) is 5.23. The predicted octanol–water partition coefficient (Wildman–Crippen LogP) is 2.93. The first-order chi connectivity index (χ1) is 8.54. The van der Waals surface area contributed by atoms with Crippen LogP contribution < -0.4 is 4.74 Å². The van der Waals surface area contributed by atoms with Gasteiger partial charge in [0, 0.05) is 17.6 Å². The highest BCUT2D eigenvalue weighted by atomic mass is 79.9. The van der Waals surface area contributed by atoms with Crippen molar-refractivity contribution in [3.63, 3.8) is 0 Å². The topological polar surface area (TPSA) is 47.3 Å². The molecule has 0 aliphatic rings. The molecule has 2 aromatic rings. The van der Waals surface area contributed by atoms with E-state index in [1.54, 1.807) is 43.2 Å². The van der Waals surface area contributed by atoms with Gasteiger partial charge in [-0.25, -0.2) is 0 Å². The lowest BCUT2D eigenvalue weighted by molar-refractivity contribution is 0.204. The van der Waals surface area contributed by atoms with Gasteiger partial charge in [0.2, 0.25) is 0 Å². The second kappa shape index (κ2) is 5.30. The summed E-state index contributed by atoms with van der Waals surface area (Å²) in [5.41, 5.74) is 1.25. The SMILES string of the molecule is COc1ccc(Cl)cc1C(O)c1c(Br)cnn1C. The molecule has 1 N–H and O–H groups in total. The van der Waals surface area contributed by atoms with E-state index in [9.17, 15) is 5.11 Å². The van der Waals surface area contributed by atoms with Gasteiger partial charge in [-0.15, -0.1) is 0 Å². The lowest BCUT2D eigenvalue weighted by Crippen LogP contribution is -2.08. The van der Waals surface area contributed by atoms with Crippen molar-refractivity contribution in [2.75, 3.05) is 7.11 Å². The molecular weight excluding hydrogens is 320 g/mol. The Morgan fingerprint density at radius 2 is 2.22 bits per heavy atom. The molecule has 0 aliphatic heterocycles. The van der Waals surface area contributed by atoms with E-state index < -0.39 is 6.10 Å². The van der Waals surface area contributed by atoms with Gasteiger partial charge in [-0.1, -0.05) is 11.6 Å². The average molecular weight is 332 g/mol. The van der Waals surface area contributed by atoms with Crippen molar-refractivity contribution in [3.8, 4) is 5.75 Å². The maximum atomic E-state index is 10.4. The molecule has 1 aromatic heterocycles. The number of ether oxygens (including phenoxy) is 1. The van der Waals surface area contributed by atoms with Gasteiger partial charge in [-0.05, 0) is 34.1 Å². The van der Waals surface area contributed by atoms with E-state index in [1.807, 2.05) is 0 Å². The van der Waals surface area contributed by atoms with Gasteiger partial charge in [-0.3, -0.25) is 4.68 Å². The molecule has 4 nitrogen and oxygen atoms in total. The number of benzene rings is 1. The number of hydrogen-bond donors (Lipinski definition) is 1. The van der Waals surface area contributed by atoms with Crippen LogP contribution in [0, 0.1) is 0 Å². The minimum atomic E-state index is -0.861. The molecule has 0 saturated carbocycles. The Morgan fingerprint density at radius 1 is 1.50 bits per heavy atom. The smallest absolute Gasteiger partial charge is 0.125 e. The number of aliphatic hydroxyl groups excluding tert-OH is 1. The van der Waals surface area contributed by atoms with Crippen LogP contribution >= 0.6 is 27.5 Å². The van der Waals surface area contributed by atoms with E-state index in [1.165, 1.54) is 0 Å². The first kappa shape index (κ1) is 13.4. The molecule has 1 unspecified atom stereocenters. The summed E-state index contributed by atoms with van der Waals surface area (Å²) in [6, 6.07) is 5.13. The molecule has 0 amide bonds. The highest BCUT2D eigenvalue weighted by molar-refractivity contribution is 9.10. The molecule has 0 radical (unpaired) electrons. The molecule has 0 bridgehead atoms. The van der Waals surface area contributed by atoms with E-state index in [0.717, 1.165) is 4.47 Å². The third kappa shape index (κ3) is 2.39. The van der Waals surface area contributed by atoms with Crippen molar-refractivity contribution >= 4 is 27.5 Å². The van der Waals surface area contributed by atoms with Crippen LogP contribution in [-0.2, 0) is 7.05 Å². The summed E-state index contributed by atoms with van der Waals surface area (Å²) < 4.78 is 7.58. The number of methoxy groups -OCH3 is 1. The average Bonchev–Trinajstić information content (AvgIpc) is 2.68. The maximum Gasteiger partial charge on any atom is 0.125 e. The van der Waals surface area contributed by atoms with E-state index in [2.05, 4.69) is 21.0 Å². The summed E-state index contributed by atoms with van der Waals surface area (Å²) in [7, 11) is 3.32. The highest BCUT2D eigenvalue weighted by Gasteiger charge is 2.21. The van der Waals surface area contributed by atoms with Gasteiger partial charge < -0.3 is 9.84 Å². The molecule has 2 rings (SSSR count). The highest BCUT2D eigenvalue weighted by Crippen LogP contribution is 2.34. The van der Waals surface area contributed by atoms with Crippen molar-refractivity contribution in [1.82, 2.24) is 9.78 Å². The molecule has 18 heavy (non-hydrogen) atoms. The van der Waals surface area contributed by atoms with Crippen molar-refractivity contribution in [2.45, 2.75) is 6.10 Å². The molecule has 1 atom stereocenters. The Balaban J connectivity index is 2.51. The Labute approximate surface area is 118 Å². The van der Waals surface area contributed by atoms with Crippen LogP contribution in [0.1, 0.15) is 17.4 Å². The van der Waals surface area contributed by atoms with Gasteiger partial charge >= 0.3 is 0 Å². The van der Waals surface area contributed by atoms with Crippen LogP contribution in [0.2, 0.25) is 5.02 Å². The zero-order valence-corrected chi connectivity index (χ0v) is 12.2. The number of halogens is 2. The Morgan fingerprint density at radius 3 is 2.78 bits per heavy atom. The Hall–Kier alpha value is -1.04. The van der Waals surface area contributed by atoms with Gasteiger partial charge in [0.1, 0.15) is 11.9 Å². The van der Waals surface area contributed by atoms with E-state index in [0.29, 0.717) is 22.0 Å². The van der Waals surface area contributed by atoms with E-state index >= 15 is 0 Å². The second-order valence-electron chi connectivity index (χ2n) is 3.79. The zero-order chi connectivity index (χ0) is 13.3. The molecule has 1 aromatic carbocycles. The van der Waals surface area contributed by atoms with Crippen LogP contribution in [0.15, 0.2) is 28.9 Å². The summed E-state index contributed by atoms with van der Waals surface area (Å²) in [4.78, 5) is 0. The number of rotatable bonds is 3. The van der Waals surface area contributed by atoms with E-state index in [4.69, 9.17) is 16.3 Å². The second-order valence-corrected chi connectivity index (χ2v) is 5.08. The summed E-state index contributed by atoms with van der Waals surface area (Å²) in [6.07, 6.45) is 0.774. The minimum absolute atomic E-state index is 0.545. The number of aromatic nitrogens is 2. The van der Waals surface area contributed by atoms with Crippen molar-refractivity contribution in [1.29, 1.82) is 0 Å². The molecule has 0 fully saturated rings. The largest absolute Gasteiger partial charge is 0.496 e. The van der Waals surface area contributed by atoms with Crippen molar-refractivity contribution in [3.05, 3.63) is 45.1 Å². The number of aryl methyl sites for hydroxylation is 1. The summed E-state index contributed by atoms with van der Waals surface area (Å²) >= 11 is 9.32. The van der Waals surface area contributed by atoms with Gasteiger partial charge in [-0.2, -0.15) is 5.10 Å². The van der Waals surface area contributed by atoms with Crippen LogP contribution in [0.3, 0.4) is 0 Å². The molecule has 0 saturated heterocycles. The van der Waals surface area contributed by atoms with Gasteiger partial charge in [0.15, 0.2) is 0 Å². The number of hydrogen-bond acceptors (Lipinski definition) is 3. The third-order valence-electron chi connectivity index (χ3n) is 2.68. The molecular formula is C12H12BrClN2O2. The molecule has 6 heteroatoms. The summed E-state index contributed by atoms with van der Waals surface area (Å²) in [5, 5.41) is 15.1. The standard InChI is InChI=1S/C12H12BrClN2O2/c1-16-11(9(13)6-15-16)12(17)8-5-7(14)3-4-10(8)18-2/h3-6,12,17H,1-2H3. The van der Waals surface area contributed by atoms with Crippen molar-refractivity contribution < 1.29 is 9.84 Å².